The third kappa shape index (κ3) is 3.51. The summed E-state index contributed by atoms with van der Waals surface area (Å²) in [5.41, 5.74) is 0.0330. The third-order valence-electron chi connectivity index (χ3n) is 2.78. The number of carbonyl (C=O) groups excluding carboxylic acids is 1. The predicted octanol–water partition coefficient (Wildman–Crippen LogP) is 2.73. The summed E-state index contributed by atoms with van der Waals surface area (Å²) in [5.74, 6) is -0.524. The Hall–Kier alpha value is -1.45. The molecule has 0 aliphatic rings. The van der Waals surface area contributed by atoms with Crippen LogP contribution in [0.1, 0.15) is 37.6 Å². The first-order valence-corrected chi connectivity index (χ1v) is 5.81. The number of hydrogen-bond donors (Lipinski definition) is 0. The largest absolute Gasteiger partial charge is 0.339 e. The van der Waals surface area contributed by atoms with Gasteiger partial charge in [0.25, 0.3) is 5.91 Å². The third-order valence-corrected chi connectivity index (χ3v) is 2.78. The summed E-state index contributed by atoms with van der Waals surface area (Å²) < 4.78 is 13.4. The van der Waals surface area contributed by atoms with Crippen LogP contribution < -0.4 is 0 Å². The molecule has 0 N–H and O–H groups in total. The summed E-state index contributed by atoms with van der Waals surface area (Å²) >= 11 is 0. The van der Waals surface area contributed by atoms with E-state index >= 15 is 0 Å². The van der Waals surface area contributed by atoms with E-state index in [4.69, 9.17) is 0 Å². The van der Waals surface area contributed by atoms with Gasteiger partial charge in [-0.2, -0.15) is 4.39 Å². The van der Waals surface area contributed by atoms with Crippen molar-refractivity contribution in [2.24, 2.45) is 5.92 Å². The van der Waals surface area contributed by atoms with Crippen LogP contribution in [0.25, 0.3) is 0 Å². The Morgan fingerprint density at radius 3 is 2.65 bits per heavy atom. The highest BCUT2D eigenvalue weighted by Crippen LogP contribution is 2.14. The lowest BCUT2D eigenvalue weighted by molar-refractivity contribution is 0.0722. The van der Waals surface area contributed by atoms with Crippen LogP contribution in [0.5, 0.6) is 0 Å². The maximum absolute atomic E-state index is 13.4. The summed E-state index contributed by atoms with van der Waals surface area (Å²) in [5, 5.41) is 0. The molecule has 1 rings (SSSR count). The topological polar surface area (TPSA) is 33.2 Å². The Balaban J connectivity index is 2.80. The lowest BCUT2D eigenvalue weighted by Gasteiger charge is -2.26. The van der Waals surface area contributed by atoms with Crippen LogP contribution in [0.2, 0.25) is 0 Å². The van der Waals surface area contributed by atoms with Gasteiger partial charge in [0.1, 0.15) is 0 Å². The molecule has 0 aliphatic carbocycles. The molecule has 0 fully saturated rings. The van der Waals surface area contributed by atoms with Crippen molar-refractivity contribution in [3.05, 3.63) is 29.8 Å². The molecule has 1 atom stereocenters. The number of carbonyl (C=O) groups is 1. The Labute approximate surface area is 102 Å². The molecule has 1 amide bonds. The SMILES string of the molecule is CC(C)CC(C)N(C)C(=O)c1cccnc1F. The normalized spacial score (nSPS) is 12.6. The number of aromatic nitrogens is 1. The standard InChI is InChI=1S/C13H19FN2O/c1-9(2)8-10(3)16(4)13(17)11-6-5-7-15-12(11)14/h5-7,9-10H,8H2,1-4H3. The second-order valence-electron chi connectivity index (χ2n) is 4.74. The van der Waals surface area contributed by atoms with E-state index in [1.54, 1.807) is 18.0 Å². The number of pyridine rings is 1. The lowest BCUT2D eigenvalue weighted by atomic mass is 10.0. The van der Waals surface area contributed by atoms with E-state index in [2.05, 4.69) is 18.8 Å². The Morgan fingerprint density at radius 1 is 1.47 bits per heavy atom. The molecule has 0 bridgehead atoms. The fourth-order valence-electron chi connectivity index (χ4n) is 1.78. The highest BCUT2D eigenvalue weighted by molar-refractivity contribution is 5.94. The first kappa shape index (κ1) is 13.6. The molecular weight excluding hydrogens is 219 g/mol. The van der Waals surface area contributed by atoms with E-state index in [0.717, 1.165) is 6.42 Å². The first-order valence-electron chi connectivity index (χ1n) is 5.81. The van der Waals surface area contributed by atoms with Crippen molar-refractivity contribution < 1.29 is 9.18 Å². The monoisotopic (exact) mass is 238 g/mol. The zero-order valence-corrected chi connectivity index (χ0v) is 10.8. The van der Waals surface area contributed by atoms with Crippen LogP contribution in [-0.2, 0) is 0 Å². The summed E-state index contributed by atoms with van der Waals surface area (Å²) in [6.07, 6.45) is 2.23. The molecule has 0 saturated carbocycles. The summed E-state index contributed by atoms with van der Waals surface area (Å²) in [4.78, 5) is 17.1. The van der Waals surface area contributed by atoms with Gasteiger partial charge in [0.2, 0.25) is 5.95 Å². The molecule has 0 saturated heterocycles. The van der Waals surface area contributed by atoms with Crippen molar-refractivity contribution in [1.29, 1.82) is 0 Å². The van der Waals surface area contributed by atoms with Crippen molar-refractivity contribution in [2.45, 2.75) is 33.2 Å². The molecule has 1 unspecified atom stereocenters. The van der Waals surface area contributed by atoms with E-state index in [-0.39, 0.29) is 17.5 Å². The van der Waals surface area contributed by atoms with Crippen LogP contribution in [0.15, 0.2) is 18.3 Å². The minimum Gasteiger partial charge on any atom is -0.339 e. The highest BCUT2D eigenvalue weighted by atomic mass is 19.1. The Bertz CT molecular complexity index is 393. The van der Waals surface area contributed by atoms with Crippen molar-refractivity contribution in [1.82, 2.24) is 9.88 Å². The number of halogens is 1. The molecule has 1 aromatic heterocycles. The minimum atomic E-state index is -0.707. The Kier molecular flexibility index (Phi) is 4.61. The van der Waals surface area contributed by atoms with Gasteiger partial charge >= 0.3 is 0 Å². The van der Waals surface area contributed by atoms with Crippen LogP contribution >= 0.6 is 0 Å². The van der Waals surface area contributed by atoms with E-state index in [0.29, 0.717) is 5.92 Å². The van der Waals surface area contributed by atoms with Gasteiger partial charge in [-0.3, -0.25) is 4.79 Å². The van der Waals surface area contributed by atoms with Gasteiger partial charge in [0, 0.05) is 19.3 Å². The first-order chi connectivity index (χ1) is 7.93. The van der Waals surface area contributed by atoms with Gasteiger partial charge in [0.15, 0.2) is 0 Å². The van der Waals surface area contributed by atoms with E-state index in [1.165, 1.54) is 12.3 Å². The molecule has 1 heterocycles. The molecule has 0 aromatic carbocycles. The predicted molar refractivity (Wildman–Crippen MR) is 65.2 cm³/mol. The van der Waals surface area contributed by atoms with Crippen LogP contribution in [-0.4, -0.2) is 28.9 Å². The second kappa shape index (κ2) is 5.75. The van der Waals surface area contributed by atoms with Gasteiger partial charge < -0.3 is 4.90 Å². The van der Waals surface area contributed by atoms with Gasteiger partial charge in [-0.1, -0.05) is 13.8 Å². The molecule has 0 spiro atoms. The Morgan fingerprint density at radius 2 is 2.12 bits per heavy atom. The van der Waals surface area contributed by atoms with Gasteiger partial charge in [0.05, 0.1) is 5.56 Å². The molecule has 0 radical (unpaired) electrons. The van der Waals surface area contributed by atoms with Crippen LogP contribution in [0.3, 0.4) is 0 Å². The second-order valence-corrected chi connectivity index (χ2v) is 4.74. The maximum atomic E-state index is 13.4. The van der Waals surface area contributed by atoms with Crippen molar-refractivity contribution >= 4 is 5.91 Å². The molecule has 17 heavy (non-hydrogen) atoms. The molecule has 0 aliphatic heterocycles. The maximum Gasteiger partial charge on any atom is 0.258 e. The van der Waals surface area contributed by atoms with Crippen molar-refractivity contribution in [3.63, 3.8) is 0 Å². The van der Waals surface area contributed by atoms with Crippen LogP contribution in [0, 0.1) is 11.9 Å². The number of rotatable bonds is 4. The average Bonchev–Trinajstić information content (AvgIpc) is 2.27. The summed E-state index contributed by atoms with van der Waals surface area (Å²) in [6.45, 7) is 6.16. The van der Waals surface area contributed by atoms with E-state index in [1.807, 2.05) is 6.92 Å². The molecular formula is C13H19FN2O. The number of hydrogen-bond acceptors (Lipinski definition) is 2. The number of nitrogens with zero attached hydrogens (tertiary/aromatic N) is 2. The lowest BCUT2D eigenvalue weighted by Crippen LogP contribution is -2.36. The van der Waals surface area contributed by atoms with Gasteiger partial charge in [-0.15, -0.1) is 0 Å². The highest BCUT2D eigenvalue weighted by Gasteiger charge is 2.21. The van der Waals surface area contributed by atoms with E-state index in [9.17, 15) is 9.18 Å². The zero-order chi connectivity index (χ0) is 13.0. The number of amides is 1. The van der Waals surface area contributed by atoms with Gasteiger partial charge in [-0.05, 0) is 31.4 Å². The smallest absolute Gasteiger partial charge is 0.258 e. The molecule has 1 aromatic rings. The minimum absolute atomic E-state index is 0.0330. The van der Waals surface area contributed by atoms with Crippen molar-refractivity contribution in [3.8, 4) is 0 Å². The fourth-order valence-corrected chi connectivity index (χ4v) is 1.78. The summed E-state index contributed by atoms with van der Waals surface area (Å²) in [7, 11) is 1.70. The molecule has 4 heteroatoms. The van der Waals surface area contributed by atoms with E-state index < -0.39 is 5.95 Å². The van der Waals surface area contributed by atoms with Gasteiger partial charge in [-0.25, -0.2) is 4.98 Å². The quantitative estimate of drug-likeness (QED) is 0.756. The fraction of sp³-hybridized carbons (Fsp3) is 0.538. The summed E-state index contributed by atoms with van der Waals surface area (Å²) in [6, 6.07) is 3.11. The van der Waals surface area contributed by atoms with Crippen LogP contribution in [0.4, 0.5) is 4.39 Å². The molecule has 3 nitrogen and oxygen atoms in total. The molecule has 94 valence electrons. The zero-order valence-electron chi connectivity index (χ0n) is 10.8. The average molecular weight is 238 g/mol. The van der Waals surface area contributed by atoms with Crippen molar-refractivity contribution in [2.75, 3.05) is 7.05 Å².